The van der Waals surface area contributed by atoms with Crippen molar-refractivity contribution < 1.29 is 19.1 Å². The van der Waals surface area contributed by atoms with Crippen molar-refractivity contribution in [1.29, 1.82) is 0 Å². The van der Waals surface area contributed by atoms with E-state index in [1.54, 1.807) is 0 Å². The highest BCUT2D eigenvalue weighted by molar-refractivity contribution is 5.85. The molecule has 1 N–H and O–H groups in total. The lowest BCUT2D eigenvalue weighted by atomic mass is 9.84. The van der Waals surface area contributed by atoms with Crippen LogP contribution in [0.1, 0.15) is 46.6 Å². The van der Waals surface area contributed by atoms with Gasteiger partial charge in [-0.1, -0.05) is 52.0 Å². The van der Waals surface area contributed by atoms with Gasteiger partial charge in [-0.2, -0.15) is 0 Å². The lowest BCUT2D eigenvalue weighted by Crippen LogP contribution is -2.17. The Bertz CT molecular complexity index is 674. The largest absolute Gasteiger partial charge is 0.459 e. The Morgan fingerprint density at radius 3 is 2.22 bits per heavy atom. The molecule has 0 spiro atoms. The van der Waals surface area contributed by atoms with Crippen LogP contribution in [0.3, 0.4) is 0 Å². The zero-order valence-electron chi connectivity index (χ0n) is 17.0. The first-order valence-corrected chi connectivity index (χ1v) is 9.34. The Hall–Kier alpha value is -2.56. The van der Waals surface area contributed by atoms with E-state index in [1.807, 2.05) is 24.3 Å². The highest BCUT2D eigenvalue weighted by Gasteiger charge is 2.15. The quantitative estimate of drug-likeness (QED) is 0.356. The standard InChI is InChI=1S/C22H31NO4/c1-7-16(5)21(15(3)4)17(6)18-9-11-19(12-10-18)23-22(25)27-14-13-26-20(24)8-2/h8-12,15-16H,2,7,13-14H2,1,3-6H3,(H,23,25)/b21-17-. The SMILES string of the molecule is C=CC(=O)OCCOC(=O)Nc1ccc(/C(C)=C(/C(C)C)C(C)CC)cc1. The Morgan fingerprint density at radius 1 is 1.11 bits per heavy atom. The Morgan fingerprint density at radius 2 is 1.70 bits per heavy atom. The smallest absolute Gasteiger partial charge is 0.411 e. The van der Waals surface area contributed by atoms with Gasteiger partial charge in [-0.25, -0.2) is 9.59 Å². The van der Waals surface area contributed by atoms with Crippen LogP contribution < -0.4 is 5.32 Å². The fraction of sp³-hybridized carbons (Fsp3) is 0.455. The van der Waals surface area contributed by atoms with Crippen LogP contribution in [0.15, 0.2) is 42.5 Å². The number of carbonyl (C=O) groups is 2. The van der Waals surface area contributed by atoms with Gasteiger partial charge in [-0.3, -0.25) is 5.32 Å². The zero-order valence-corrected chi connectivity index (χ0v) is 17.0. The molecule has 0 heterocycles. The number of esters is 1. The van der Waals surface area contributed by atoms with Crippen LogP contribution in [0.4, 0.5) is 10.5 Å². The summed E-state index contributed by atoms with van der Waals surface area (Å²) >= 11 is 0. The van der Waals surface area contributed by atoms with Crippen molar-refractivity contribution in [3.63, 3.8) is 0 Å². The molecule has 1 atom stereocenters. The Balaban J connectivity index is 2.69. The maximum atomic E-state index is 11.8. The molecule has 0 saturated heterocycles. The number of carbonyl (C=O) groups excluding carboxylic acids is 2. The van der Waals surface area contributed by atoms with Crippen LogP contribution in [-0.4, -0.2) is 25.3 Å². The van der Waals surface area contributed by atoms with Crippen molar-refractivity contribution in [3.05, 3.63) is 48.1 Å². The van der Waals surface area contributed by atoms with E-state index in [0.717, 1.165) is 18.1 Å². The van der Waals surface area contributed by atoms with Crippen LogP contribution >= 0.6 is 0 Å². The molecule has 1 aromatic carbocycles. The highest BCUT2D eigenvalue weighted by Crippen LogP contribution is 2.31. The lowest BCUT2D eigenvalue weighted by Gasteiger charge is -2.22. The number of hydrogen-bond acceptors (Lipinski definition) is 4. The van der Waals surface area contributed by atoms with Crippen LogP contribution in [0, 0.1) is 11.8 Å². The zero-order chi connectivity index (χ0) is 20.4. The fourth-order valence-corrected chi connectivity index (χ4v) is 3.05. The molecule has 27 heavy (non-hydrogen) atoms. The number of nitrogens with one attached hydrogen (secondary N) is 1. The van der Waals surface area contributed by atoms with Gasteiger partial charge < -0.3 is 9.47 Å². The van der Waals surface area contributed by atoms with E-state index in [2.05, 4.69) is 46.5 Å². The maximum Gasteiger partial charge on any atom is 0.411 e. The Labute approximate surface area is 162 Å². The molecule has 0 bridgehead atoms. The van der Waals surface area contributed by atoms with Crippen molar-refractivity contribution in [3.8, 4) is 0 Å². The summed E-state index contributed by atoms with van der Waals surface area (Å²) < 4.78 is 9.70. The van der Waals surface area contributed by atoms with Crippen LogP contribution in [0.5, 0.6) is 0 Å². The van der Waals surface area contributed by atoms with Gasteiger partial charge in [0, 0.05) is 11.8 Å². The predicted octanol–water partition coefficient (Wildman–Crippen LogP) is 5.44. The van der Waals surface area contributed by atoms with Crippen molar-refractivity contribution in [2.24, 2.45) is 11.8 Å². The summed E-state index contributed by atoms with van der Waals surface area (Å²) in [6, 6.07) is 7.71. The predicted molar refractivity (Wildman–Crippen MR) is 109 cm³/mol. The number of benzene rings is 1. The summed E-state index contributed by atoms with van der Waals surface area (Å²) in [7, 11) is 0. The molecule has 0 aliphatic rings. The topological polar surface area (TPSA) is 64.6 Å². The first kappa shape index (κ1) is 22.5. The van der Waals surface area contributed by atoms with Gasteiger partial charge in [0.2, 0.25) is 0 Å². The normalized spacial score (nSPS) is 12.8. The molecule has 1 amide bonds. The molecule has 0 aromatic heterocycles. The minimum atomic E-state index is -0.591. The van der Waals surface area contributed by atoms with Gasteiger partial charge in [0.05, 0.1) is 0 Å². The molecule has 5 nitrogen and oxygen atoms in total. The molecule has 148 valence electrons. The van der Waals surface area contributed by atoms with Crippen molar-refractivity contribution in [2.75, 3.05) is 18.5 Å². The molecule has 0 saturated carbocycles. The van der Waals surface area contributed by atoms with Gasteiger partial charge in [0.15, 0.2) is 0 Å². The second-order valence-electron chi connectivity index (χ2n) is 6.75. The van der Waals surface area contributed by atoms with E-state index in [0.29, 0.717) is 17.5 Å². The van der Waals surface area contributed by atoms with Crippen molar-refractivity contribution in [2.45, 2.75) is 41.0 Å². The third-order valence-electron chi connectivity index (χ3n) is 4.49. The number of amides is 1. The molecule has 0 aliphatic carbocycles. The van der Waals surface area contributed by atoms with Crippen LogP contribution in [0.2, 0.25) is 0 Å². The van der Waals surface area contributed by atoms with Gasteiger partial charge in [-0.15, -0.1) is 0 Å². The van der Waals surface area contributed by atoms with Gasteiger partial charge in [0.25, 0.3) is 0 Å². The third kappa shape index (κ3) is 7.29. The molecule has 0 aliphatic heterocycles. The van der Waals surface area contributed by atoms with Crippen molar-refractivity contribution in [1.82, 2.24) is 0 Å². The summed E-state index contributed by atoms with van der Waals surface area (Å²) in [5, 5.41) is 2.66. The molecule has 1 unspecified atom stereocenters. The summed E-state index contributed by atoms with van der Waals surface area (Å²) in [6.07, 6.45) is 1.58. The van der Waals surface area contributed by atoms with Gasteiger partial charge in [0.1, 0.15) is 13.2 Å². The number of rotatable bonds is 9. The minimum Gasteiger partial charge on any atom is -0.459 e. The summed E-state index contributed by atoms with van der Waals surface area (Å²) in [5.74, 6) is 0.479. The van der Waals surface area contributed by atoms with E-state index in [1.165, 1.54) is 11.1 Å². The lowest BCUT2D eigenvalue weighted by molar-refractivity contribution is -0.138. The Kier molecular flexibility index (Phi) is 9.34. The van der Waals surface area contributed by atoms with Crippen LogP contribution in [-0.2, 0) is 14.3 Å². The number of allylic oxidation sites excluding steroid dienone is 2. The monoisotopic (exact) mass is 373 g/mol. The first-order valence-electron chi connectivity index (χ1n) is 9.34. The number of hydrogen-bond donors (Lipinski definition) is 1. The van der Waals surface area contributed by atoms with Gasteiger partial charge >= 0.3 is 12.1 Å². The second kappa shape index (κ2) is 11.2. The second-order valence-corrected chi connectivity index (χ2v) is 6.75. The summed E-state index contributed by atoms with van der Waals surface area (Å²) in [4.78, 5) is 22.7. The van der Waals surface area contributed by atoms with Gasteiger partial charge in [-0.05, 0) is 48.4 Å². The van der Waals surface area contributed by atoms with Crippen LogP contribution in [0.25, 0.3) is 5.57 Å². The summed E-state index contributed by atoms with van der Waals surface area (Å²) in [6.45, 7) is 14.3. The first-order chi connectivity index (χ1) is 12.8. The third-order valence-corrected chi connectivity index (χ3v) is 4.49. The average molecular weight is 373 g/mol. The van der Waals surface area contributed by atoms with E-state index in [4.69, 9.17) is 9.47 Å². The van der Waals surface area contributed by atoms with E-state index in [-0.39, 0.29) is 13.2 Å². The fourth-order valence-electron chi connectivity index (χ4n) is 3.05. The molecular formula is C22H31NO4. The summed E-state index contributed by atoms with van der Waals surface area (Å²) in [5.41, 5.74) is 4.55. The minimum absolute atomic E-state index is 0.00517. The molecule has 0 radical (unpaired) electrons. The molecule has 5 heteroatoms. The van der Waals surface area contributed by atoms with E-state index in [9.17, 15) is 9.59 Å². The number of anilines is 1. The molecule has 1 aromatic rings. The average Bonchev–Trinajstić information content (AvgIpc) is 2.65. The van der Waals surface area contributed by atoms with E-state index < -0.39 is 12.1 Å². The molecule has 0 fully saturated rings. The molecule has 1 rings (SSSR count). The number of ether oxygens (including phenoxy) is 2. The van der Waals surface area contributed by atoms with E-state index >= 15 is 0 Å². The van der Waals surface area contributed by atoms with Crippen molar-refractivity contribution >= 4 is 23.3 Å². The highest BCUT2D eigenvalue weighted by atomic mass is 16.6. The molecular weight excluding hydrogens is 342 g/mol. The maximum absolute atomic E-state index is 11.8.